The van der Waals surface area contributed by atoms with Gasteiger partial charge in [0.25, 0.3) is 5.91 Å². The molecule has 1 aliphatic carbocycles. The molecule has 1 saturated heterocycles. The lowest BCUT2D eigenvalue weighted by Crippen LogP contribution is -2.59. The van der Waals surface area contributed by atoms with Crippen LogP contribution in [0.3, 0.4) is 0 Å². The first kappa shape index (κ1) is 31.1. The van der Waals surface area contributed by atoms with Gasteiger partial charge in [-0.25, -0.2) is 4.79 Å². The van der Waals surface area contributed by atoms with Crippen molar-refractivity contribution in [2.45, 2.75) is 43.5 Å². The van der Waals surface area contributed by atoms with Crippen LogP contribution in [0.2, 0.25) is 0 Å². The van der Waals surface area contributed by atoms with Gasteiger partial charge in [-0.05, 0) is 54.8 Å². The number of aromatic hydroxyl groups is 1. The SMILES string of the molecule is O=C(NCCCCOC1OC(CO)C(O)C(O)C1O)c1ccc(-c2c3ccc(=O)cc-3oc3cc(O)ccc23)c(C(=O)O)c1. The van der Waals surface area contributed by atoms with Crippen molar-refractivity contribution in [3.05, 3.63) is 75.9 Å². The molecule has 2 aromatic rings. The molecule has 13 nitrogen and oxygen atoms in total. The standard InChI is InChI=1S/C31H31NO12/c33-14-24-26(36)27(37)28(38)31(44-24)42-10-2-1-9-32-29(39)15-3-6-18(21(11-15)30(40)41)25-19-7-4-16(34)12-22(19)43-23-13-17(35)5-8-20(23)25/h3-8,11-13,24,26-28,31,33-34,36-38H,1-2,9-10,14H2,(H,32,39)(H,40,41). The number of hydrogen-bond acceptors (Lipinski definition) is 11. The molecule has 232 valence electrons. The Morgan fingerprint density at radius 1 is 0.909 bits per heavy atom. The second-order valence-electron chi connectivity index (χ2n) is 10.4. The van der Waals surface area contributed by atoms with Crippen LogP contribution in [-0.2, 0) is 9.47 Å². The molecule has 2 aromatic carbocycles. The van der Waals surface area contributed by atoms with Crippen LogP contribution in [0.15, 0.2) is 63.8 Å². The largest absolute Gasteiger partial charge is 0.508 e. The highest BCUT2D eigenvalue weighted by Crippen LogP contribution is 2.42. The van der Waals surface area contributed by atoms with E-state index in [4.69, 9.17) is 13.9 Å². The lowest BCUT2D eigenvalue weighted by atomic mass is 9.90. The molecule has 0 bridgehead atoms. The number of nitrogens with one attached hydrogen (secondary N) is 1. The number of benzene rings is 3. The van der Waals surface area contributed by atoms with Gasteiger partial charge in [0.1, 0.15) is 41.5 Å². The molecular formula is C31H31NO12. The summed E-state index contributed by atoms with van der Waals surface area (Å²) in [5.41, 5.74) is 1.12. The summed E-state index contributed by atoms with van der Waals surface area (Å²) in [5, 5.41) is 62.3. The number of carbonyl (C=O) groups excluding carboxylic acids is 1. The molecule has 13 heteroatoms. The molecule has 7 N–H and O–H groups in total. The van der Waals surface area contributed by atoms with Gasteiger partial charge in [0.2, 0.25) is 0 Å². The smallest absolute Gasteiger partial charge is 0.336 e. The number of rotatable bonds is 10. The summed E-state index contributed by atoms with van der Waals surface area (Å²) in [5.74, 6) is -1.65. The third-order valence-electron chi connectivity index (χ3n) is 7.45. The van der Waals surface area contributed by atoms with E-state index in [9.17, 15) is 45.0 Å². The molecule has 44 heavy (non-hydrogen) atoms. The lowest BCUT2D eigenvalue weighted by molar-refractivity contribution is -0.301. The normalized spacial score (nSPS) is 21.9. The predicted molar refractivity (Wildman–Crippen MR) is 154 cm³/mol. The van der Waals surface area contributed by atoms with E-state index < -0.39 is 49.2 Å². The molecule has 1 fully saturated rings. The summed E-state index contributed by atoms with van der Waals surface area (Å²) in [6, 6.07) is 12.8. The number of ether oxygens (including phenoxy) is 2. The molecule has 5 atom stereocenters. The molecule has 1 amide bonds. The van der Waals surface area contributed by atoms with E-state index in [2.05, 4.69) is 5.32 Å². The summed E-state index contributed by atoms with van der Waals surface area (Å²) < 4.78 is 16.6. The van der Waals surface area contributed by atoms with Gasteiger partial charge in [-0.1, -0.05) is 6.07 Å². The number of aliphatic hydroxyl groups excluding tert-OH is 4. The molecule has 2 aliphatic heterocycles. The Balaban J connectivity index is 1.28. The number of aliphatic hydroxyl groups is 4. The minimum Gasteiger partial charge on any atom is -0.508 e. The highest BCUT2D eigenvalue weighted by atomic mass is 16.7. The maximum absolute atomic E-state index is 12.9. The Labute approximate surface area is 249 Å². The zero-order valence-electron chi connectivity index (χ0n) is 23.3. The van der Waals surface area contributed by atoms with Crippen molar-refractivity contribution >= 4 is 22.8 Å². The monoisotopic (exact) mass is 609 g/mol. The summed E-state index contributed by atoms with van der Waals surface area (Å²) in [7, 11) is 0. The quantitative estimate of drug-likeness (QED) is 0.100. The summed E-state index contributed by atoms with van der Waals surface area (Å²) in [4.78, 5) is 37.3. The molecule has 5 rings (SSSR count). The summed E-state index contributed by atoms with van der Waals surface area (Å²) in [6.45, 7) is -0.257. The maximum Gasteiger partial charge on any atom is 0.336 e. The highest BCUT2D eigenvalue weighted by molar-refractivity contribution is 6.09. The molecular weight excluding hydrogens is 578 g/mol. The average Bonchev–Trinajstić information content (AvgIpc) is 3.00. The molecule has 0 radical (unpaired) electrons. The van der Waals surface area contributed by atoms with Crippen LogP contribution in [0.25, 0.3) is 33.4 Å². The molecule has 0 spiro atoms. The lowest BCUT2D eigenvalue weighted by Gasteiger charge is -2.39. The summed E-state index contributed by atoms with van der Waals surface area (Å²) >= 11 is 0. The third-order valence-corrected chi connectivity index (χ3v) is 7.45. The van der Waals surface area contributed by atoms with Crippen molar-refractivity contribution in [2.24, 2.45) is 0 Å². The van der Waals surface area contributed by atoms with Gasteiger partial charge in [0.15, 0.2) is 11.7 Å². The minimum absolute atomic E-state index is 0.0734. The number of unbranched alkanes of at least 4 members (excludes halogenated alkanes) is 1. The van der Waals surface area contributed by atoms with Crippen LogP contribution in [0, 0.1) is 0 Å². The second kappa shape index (κ2) is 13.1. The van der Waals surface area contributed by atoms with Gasteiger partial charge in [-0.3, -0.25) is 9.59 Å². The van der Waals surface area contributed by atoms with E-state index >= 15 is 0 Å². The van der Waals surface area contributed by atoms with Crippen molar-refractivity contribution in [1.82, 2.24) is 5.32 Å². The van der Waals surface area contributed by atoms with Gasteiger partial charge in [0.05, 0.1) is 12.2 Å². The van der Waals surface area contributed by atoms with E-state index in [1.807, 2.05) is 0 Å². The second-order valence-corrected chi connectivity index (χ2v) is 10.4. The Bertz CT molecular complexity index is 1700. The fourth-order valence-corrected chi connectivity index (χ4v) is 5.17. The van der Waals surface area contributed by atoms with E-state index in [1.54, 1.807) is 6.07 Å². The Kier molecular flexibility index (Phi) is 9.25. The van der Waals surface area contributed by atoms with Crippen LogP contribution < -0.4 is 10.7 Å². The van der Waals surface area contributed by atoms with E-state index in [1.165, 1.54) is 48.5 Å². The Hall–Kier alpha value is -4.37. The van der Waals surface area contributed by atoms with Crippen LogP contribution in [0.4, 0.5) is 0 Å². The van der Waals surface area contributed by atoms with Crippen molar-refractivity contribution in [3.63, 3.8) is 0 Å². The Morgan fingerprint density at radius 2 is 1.68 bits per heavy atom. The number of phenolic OH excluding ortho intramolecular Hbond substituents is 1. The summed E-state index contributed by atoms with van der Waals surface area (Å²) in [6.07, 6.45) is -5.97. The zero-order valence-corrected chi connectivity index (χ0v) is 23.3. The van der Waals surface area contributed by atoms with Crippen LogP contribution in [-0.4, -0.2) is 93.0 Å². The van der Waals surface area contributed by atoms with Crippen molar-refractivity contribution in [3.8, 4) is 28.2 Å². The fourth-order valence-electron chi connectivity index (χ4n) is 5.17. The van der Waals surface area contributed by atoms with Crippen molar-refractivity contribution in [1.29, 1.82) is 0 Å². The number of carbonyl (C=O) groups is 2. The van der Waals surface area contributed by atoms with Crippen molar-refractivity contribution in [2.75, 3.05) is 19.8 Å². The van der Waals surface area contributed by atoms with Gasteiger partial charge >= 0.3 is 5.97 Å². The van der Waals surface area contributed by atoms with Gasteiger partial charge in [-0.2, -0.15) is 0 Å². The van der Waals surface area contributed by atoms with Crippen molar-refractivity contribution < 1.29 is 54.1 Å². The number of aromatic carboxylic acids is 1. The first-order valence-electron chi connectivity index (χ1n) is 13.9. The molecule has 0 saturated carbocycles. The topological polar surface area (TPSA) is 216 Å². The number of phenols is 1. The number of amides is 1. The van der Waals surface area contributed by atoms with Crippen LogP contribution in [0.1, 0.15) is 33.6 Å². The third kappa shape index (κ3) is 6.28. The van der Waals surface area contributed by atoms with Crippen LogP contribution >= 0.6 is 0 Å². The predicted octanol–water partition coefficient (Wildman–Crippen LogP) is 1.30. The maximum atomic E-state index is 12.9. The first-order chi connectivity index (χ1) is 21.1. The zero-order chi connectivity index (χ0) is 31.5. The molecule has 2 heterocycles. The van der Waals surface area contributed by atoms with Gasteiger partial charge < -0.3 is 49.8 Å². The average molecular weight is 610 g/mol. The van der Waals surface area contributed by atoms with E-state index in [0.717, 1.165) is 0 Å². The number of carboxylic acid groups (broad SMARTS) is 1. The first-order valence-corrected chi connectivity index (χ1v) is 13.9. The van der Waals surface area contributed by atoms with Gasteiger partial charge in [0, 0.05) is 47.4 Å². The van der Waals surface area contributed by atoms with E-state index in [0.29, 0.717) is 29.4 Å². The van der Waals surface area contributed by atoms with Gasteiger partial charge in [-0.15, -0.1) is 0 Å². The van der Waals surface area contributed by atoms with Crippen LogP contribution in [0.5, 0.6) is 5.75 Å². The number of fused-ring (bicyclic) bond motifs is 2. The number of hydrogen-bond donors (Lipinski definition) is 7. The Morgan fingerprint density at radius 3 is 2.43 bits per heavy atom. The minimum atomic E-state index is -1.54. The highest BCUT2D eigenvalue weighted by Gasteiger charge is 2.43. The molecule has 0 aromatic heterocycles. The molecule has 5 unspecified atom stereocenters. The molecule has 3 aliphatic rings. The fraction of sp³-hybridized carbons (Fsp3) is 0.323. The van der Waals surface area contributed by atoms with E-state index in [-0.39, 0.29) is 52.4 Å². The number of carboxylic acids is 1.